The van der Waals surface area contributed by atoms with Gasteiger partial charge in [-0.1, -0.05) is 6.07 Å². The summed E-state index contributed by atoms with van der Waals surface area (Å²) in [5.41, 5.74) is 2.43. The van der Waals surface area contributed by atoms with Crippen molar-refractivity contribution in [2.75, 3.05) is 13.7 Å². The number of furan rings is 1. The van der Waals surface area contributed by atoms with Gasteiger partial charge >= 0.3 is 5.97 Å². The monoisotopic (exact) mass is 248 g/mol. The van der Waals surface area contributed by atoms with E-state index in [2.05, 4.69) is 0 Å². The zero-order valence-electron chi connectivity index (χ0n) is 11.0. The molecular weight excluding hydrogens is 232 g/mol. The lowest BCUT2D eigenvalue weighted by atomic mass is 10.1. The largest absolute Gasteiger partial charge is 0.493 e. The van der Waals surface area contributed by atoms with Crippen molar-refractivity contribution in [2.24, 2.45) is 0 Å². The normalized spacial score (nSPS) is 10.7. The number of ether oxygens (including phenoxy) is 2. The van der Waals surface area contributed by atoms with Crippen molar-refractivity contribution in [3.05, 3.63) is 29.0 Å². The molecule has 4 heteroatoms. The van der Waals surface area contributed by atoms with Crippen LogP contribution in [0.4, 0.5) is 0 Å². The molecule has 0 unspecified atom stereocenters. The Bertz CT molecular complexity index is 595. The van der Waals surface area contributed by atoms with Crippen LogP contribution in [0.15, 0.2) is 16.5 Å². The first-order valence-corrected chi connectivity index (χ1v) is 5.84. The van der Waals surface area contributed by atoms with Crippen LogP contribution in [0.2, 0.25) is 0 Å². The molecule has 18 heavy (non-hydrogen) atoms. The van der Waals surface area contributed by atoms with Crippen LogP contribution < -0.4 is 4.74 Å². The van der Waals surface area contributed by atoms with Crippen LogP contribution in [0.3, 0.4) is 0 Å². The van der Waals surface area contributed by atoms with Crippen molar-refractivity contribution in [1.82, 2.24) is 0 Å². The van der Waals surface area contributed by atoms with Crippen molar-refractivity contribution in [2.45, 2.75) is 20.8 Å². The summed E-state index contributed by atoms with van der Waals surface area (Å²) >= 11 is 0. The molecule has 0 aliphatic carbocycles. The predicted octanol–water partition coefficient (Wildman–Crippen LogP) is 3.23. The van der Waals surface area contributed by atoms with Crippen LogP contribution >= 0.6 is 0 Å². The maximum atomic E-state index is 11.8. The first-order chi connectivity index (χ1) is 8.60. The molecule has 0 aliphatic rings. The van der Waals surface area contributed by atoms with Gasteiger partial charge in [0.1, 0.15) is 0 Å². The highest BCUT2D eigenvalue weighted by Gasteiger charge is 2.21. The van der Waals surface area contributed by atoms with E-state index in [0.29, 0.717) is 17.9 Å². The zero-order chi connectivity index (χ0) is 13.3. The first-order valence-electron chi connectivity index (χ1n) is 5.84. The van der Waals surface area contributed by atoms with Gasteiger partial charge in [0.15, 0.2) is 11.3 Å². The van der Waals surface area contributed by atoms with Crippen molar-refractivity contribution in [3.63, 3.8) is 0 Å². The standard InChI is InChI=1S/C14H16O4/c1-5-17-14(15)12-9(3)11-8(2)6-7-10(16-4)13(11)18-12/h6-7H,5H2,1-4H3. The molecule has 0 saturated heterocycles. The van der Waals surface area contributed by atoms with Crippen molar-refractivity contribution >= 4 is 16.9 Å². The molecule has 2 aromatic rings. The number of esters is 1. The summed E-state index contributed by atoms with van der Waals surface area (Å²) in [6.07, 6.45) is 0. The number of hydrogen-bond donors (Lipinski definition) is 0. The minimum absolute atomic E-state index is 0.249. The fraction of sp³-hybridized carbons (Fsp3) is 0.357. The lowest BCUT2D eigenvalue weighted by molar-refractivity contribution is 0.0491. The average molecular weight is 248 g/mol. The van der Waals surface area contributed by atoms with Gasteiger partial charge in [-0.2, -0.15) is 0 Å². The smallest absolute Gasteiger partial charge is 0.374 e. The molecule has 0 N–H and O–H groups in total. The van der Waals surface area contributed by atoms with E-state index < -0.39 is 5.97 Å². The second kappa shape index (κ2) is 4.72. The third kappa shape index (κ3) is 1.83. The highest BCUT2D eigenvalue weighted by Crippen LogP contribution is 2.34. The minimum Gasteiger partial charge on any atom is -0.493 e. The van der Waals surface area contributed by atoms with Gasteiger partial charge in [-0.3, -0.25) is 0 Å². The molecule has 0 saturated carbocycles. The van der Waals surface area contributed by atoms with Gasteiger partial charge in [-0.25, -0.2) is 4.79 Å². The van der Waals surface area contributed by atoms with Gasteiger partial charge in [-0.15, -0.1) is 0 Å². The summed E-state index contributed by atoms with van der Waals surface area (Å²) < 4.78 is 15.8. The second-order valence-electron chi connectivity index (χ2n) is 4.07. The number of carbonyl (C=O) groups excluding carboxylic acids is 1. The summed E-state index contributed by atoms with van der Waals surface area (Å²) in [7, 11) is 1.58. The predicted molar refractivity (Wildman–Crippen MR) is 68.2 cm³/mol. The number of methoxy groups -OCH3 is 1. The van der Waals surface area contributed by atoms with E-state index in [1.165, 1.54) is 0 Å². The Morgan fingerprint density at radius 1 is 1.33 bits per heavy atom. The molecule has 96 valence electrons. The molecular formula is C14H16O4. The molecule has 0 radical (unpaired) electrons. The van der Waals surface area contributed by atoms with Gasteiger partial charge in [0, 0.05) is 10.9 Å². The molecule has 4 nitrogen and oxygen atoms in total. The number of fused-ring (bicyclic) bond motifs is 1. The summed E-state index contributed by atoms with van der Waals surface area (Å²) in [6.45, 7) is 5.91. The van der Waals surface area contributed by atoms with Crippen molar-refractivity contribution in [1.29, 1.82) is 0 Å². The van der Waals surface area contributed by atoms with Crippen LogP contribution in [0.25, 0.3) is 11.0 Å². The number of aryl methyl sites for hydroxylation is 2. The van der Waals surface area contributed by atoms with E-state index in [4.69, 9.17) is 13.9 Å². The SMILES string of the molecule is CCOC(=O)c1oc2c(OC)ccc(C)c2c1C. The Labute approximate surface area is 105 Å². The summed E-state index contributed by atoms with van der Waals surface area (Å²) in [4.78, 5) is 11.8. The van der Waals surface area contributed by atoms with Gasteiger partial charge in [-0.05, 0) is 32.4 Å². The second-order valence-corrected chi connectivity index (χ2v) is 4.07. The first kappa shape index (κ1) is 12.5. The average Bonchev–Trinajstić information content (AvgIpc) is 2.69. The fourth-order valence-electron chi connectivity index (χ4n) is 2.07. The van der Waals surface area contributed by atoms with Gasteiger partial charge in [0.25, 0.3) is 0 Å². The molecule has 0 aliphatic heterocycles. The quantitative estimate of drug-likeness (QED) is 0.782. The molecule has 2 rings (SSSR count). The third-order valence-corrected chi connectivity index (χ3v) is 2.93. The zero-order valence-corrected chi connectivity index (χ0v) is 11.0. The molecule has 0 atom stereocenters. The lowest BCUT2D eigenvalue weighted by Crippen LogP contribution is -2.04. The van der Waals surface area contributed by atoms with E-state index in [1.54, 1.807) is 14.0 Å². The molecule has 0 fully saturated rings. The Kier molecular flexibility index (Phi) is 3.28. The summed E-state index contributed by atoms with van der Waals surface area (Å²) in [5, 5.41) is 0.914. The Morgan fingerprint density at radius 2 is 2.06 bits per heavy atom. The number of carbonyl (C=O) groups is 1. The molecule has 1 aromatic carbocycles. The molecule has 1 aromatic heterocycles. The van der Waals surface area contributed by atoms with Crippen LogP contribution in [-0.2, 0) is 4.74 Å². The number of hydrogen-bond acceptors (Lipinski definition) is 4. The number of rotatable bonds is 3. The van der Waals surface area contributed by atoms with Crippen molar-refractivity contribution < 1.29 is 18.7 Å². The topological polar surface area (TPSA) is 48.7 Å². The molecule has 0 spiro atoms. The van der Waals surface area contributed by atoms with Crippen LogP contribution in [-0.4, -0.2) is 19.7 Å². The van der Waals surface area contributed by atoms with Gasteiger partial charge < -0.3 is 13.9 Å². The van der Waals surface area contributed by atoms with E-state index >= 15 is 0 Å². The van der Waals surface area contributed by atoms with Gasteiger partial charge in [0.2, 0.25) is 5.76 Å². The molecule has 0 bridgehead atoms. The summed E-state index contributed by atoms with van der Waals surface area (Å²) in [6, 6.07) is 3.77. The highest BCUT2D eigenvalue weighted by molar-refractivity contribution is 5.99. The maximum absolute atomic E-state index is 11.8. The maximum Gasteiger partial charge on any atom is 0.374 e. The highest BCUT2D eigenvalue weighted by atomic mass is 16.5. The van der Waals surface area contributed by atoms with E-state index in [1.807, 2.05) is 26.0 Å². The van der Waals surface area contributed by atoms with Crippen molar-refractivity contribution in [3.8, 4) is 5.75 Å². The Balaban J connectivity index is 2.68. The fourth-order valence-corrected chi connectivity index (χ4v) is 2.07. The van der Waals surface area contributed by atoms with E-state index in [-0.39, 0.29) is 5.76 Å². The minimum atomic E-state index is -0.437. The van der Waals surface area contributed by atoms with Crippen LogP contribution in [0.1, 0.15) is 28.6 Å². The number of benzene rings is 1. The Hall–Kier alpha value is -1.97. The van der Waals surface area contributed by atoms with Gasteiger partial charge in [0.05, 0.1) is 13.7 Å². The third-order valence-electron chi connectivity index (χ3n) is 2.93. The summed E-state index contributed by atoms with van der Waals surface area (Å²) in [5.74, 6) is 0.432. The van der Waals surface area contributed by atoms with E-state index in [9.17, 15) is 4.79 Å². The molecule has 1 heterocycles. The molecule has 0 amide bonds. The van der Waals surface area contributed by atoms with Crippen LogP contribution in [0.5, 0.6) is 5.75 Å². The van der Waals surface area contributed by atoms with E-state index in [0.717, 1.165) is 16.5 Å². The van der Waals surface area contributed by atoms with Crippen LogP contribution in [0, 0.1) is 13.8 Å². The Morgan fingerprint density at radius 3 is 2.67 bits per heavy atom. The lowest BCUT2D eigenvalue weighted by Gasteiger charge is -2.02.